The predicted octanol–water partition coefficient (Wildman–Crippen LogP) is 2.68. The molecule has 0 saturated carbocycles. The Labute approximate surface area is 95.2 Å². The van der Waals surface area contributed by atoms with Gasteiger partial charge in [0.05, 0.1) is 5.69 Å². The van der Waals surface area contributed by atoms with E-state index in [0.717, 1.165) is 29.6 Å². The summed E-state index contributed by atoms with van der Waals surface area (Å²) in [5.74, 6) is 0. The molecule has 1 rings (SSSR count). The second-order valence-electron chi connectivity index (χ2n) is 2.99. The summed E-state index contributed by atoms with van der Waals surface area (Å²) in [5.41, 5.74) is 1.16. The highest BCUT2D eigenvalue weighted by Crippen LogP contribution is 2.18. The van der Waals surface area contributed by atoms with E-state index >= 15 is 0 Å². The van der Waals surface area contributed by atoms with Crippen LogP contribution in [0.3, 0.4) is 0 Å². The van der Waals surface area contributed by atoms with Crippen molar-refractivity contribution in [1.82, 2.24) is 15.0 Å². The van der Waals surface area contributed by atoms with Crippen LogP contribution in [0.15, 0.2) is 4.60 Å². The Balaban J connectivity index is 2.53. The molecule has 0 saturated heterocycles. The van der Waals surface area contributed by atoms with E-state index in [-0.39, 0.29) is 0 Å². The summed E-state index contributed by atoms with van der Waals surface area (Å²) < 4.78 is 2.69. The lowest BCUT2D eigenvalue weighted by molar-refractivity contribution is 0.648. The van der Waals surface area contributed by atoms with Crippen molar-refractivity contribution in [3.8, 4) is 0 Å². The highest BCUT2D eigenvalue weighted by Gasteiger charge is 2.09. The standard InChI is InChI=1S/C8H13Br2N3/c1-3-6(9)4-5-7-8(10)11-12-13(7)2/h6H,3-5H2,1-2H3. The molecule has 0 amide bonds. The molecule has 0 aliphatic rings. The van der Waals surface area contributed by atoms with Gasteiger partial charge in [-0.15, -0.1) is 5.10 Å². The molecule has 3 nitrogen and oxygen atoms in total. The lowest BCUT2D eigenvalue weighted by Crippen LogP contribution is -2.03. The van der Waals surface area contributed by atoms with E-state index in [9.17, 15) is 0 Å². The molecule has 0 fully saturated rings. The Bertz CT molecular complexity index is 253. The fourth-order valence-electron chi connectivity index (χ4n) is 1.11. The summed E-state index contributed by atoms with van der Waals surface area (Å²) in [6.45, 7) is 2.18. The summed E-state index contributed by atoms with van der Waals surface area (Å²) in [6, 6.07) is 0. The molecule has 0 spiro atoms. The van der Waals surface area contributed by atoms with Gasteiger partial charge < -0.3 is 0 Å². The topological polar surface area (TPSA) is 30.7 Å². The van der Waals surface area contributed by atoms with Gasteiger partial charge in [0.25, 0.3) is 0 Å². The van der Waals surface area contributed by atoms with E-state index in [0.29, 0.717) is 4.83 Å². The van der Waals surface area contributed by atoms with Crippen LogP contribution in [0.2, 0.25) is 0 Å². The van der Waals surface area contributed by atoms with Crippen LogP contribution in [0.4, 0.5) is 0 Å². The van der Waals surface area contributed by atoms with E-state index in [2.05, 4.69) is 49.1 Å². The van der Waals surface area contributed by atoms with Crippen LogP contribution in [0.5, 0.6) is 0 Å². The van der Waals surface area contributed by atoms with Crippen molar-refractivity contribution in [2.45, 2.75) is 31.0 Å². The van der Waals surface area contributed by atoms with E-state index in [1.165, 1.54) is 0 Å². The van der Waals surface area contributed by atoms with Crippen molar-refractivity contribution in [1.29, 1.82) is 0 Å². The third-order valence-electron chi connectivity index (χ3n) is 2.03. The van der Waals surface area contributed by atoms with Crippen LogP contribution in [0.1, 0.15) is 25.5 Å². The Morgan fingerprint density at radius 3 is 2.69 bits per heavy atom. The first kappa shape index (κ1) is 11.2. The van der Waals surface area contributed by atoms with Crippen LogP contribution in [0, 0.1) is 0 Å². The molecular formula is C8H13Br2N3. The normalized spacial score (nSPS) is 13.2. The molecule has 74 valence electrons. The van der Waals surface area contributed by atoms with Crippen LogP contribution in [-0.2, 0) is 13.5 Å². The molecule has 1 atom stereocenters. The van der Waals surface area contributed by atoms with Crippen LogP contribution < -0.4 is 0 Å². The number of hydrogen-bond acceptors (Lipinski definition) is 2. The Kier molecular flexibility index (Phi) is 4.38. The van der Waals surface area contributed by atoms with Crippen molar-refractivity contribution >= 4 is 31.9 Å². The maximum atomic E-state index is 3.93. The zero-order valence-electron chi connectivity index (χ0n) is 7.80. The van der Waals surface area contributed by atoms with E-state index in [1.54, 1.807) is 0 Å². The first-order chi connectivity index (χ1) is 6.15. The molecule has 1 aromatic heterocycles. The first-order valence-corrected chi connectivity index (χ1v) is 6.04. The average Bonchev–Trinajstić information content (AvgIpc) is 2.43. The Hall–Kier alpha value is 0.1000. The smallest absolute Gasteiger partial charge is 0.151 e. The fourth-order valence-corrected chi connectivity index (χ4v) is 1.87. The maximum Gasteiger partial charge on any atom is 0.151 e. The van der Waals surface area contributed by atoms with Crippen molar-refractivity contribution in [2.24, 2.45) is 7.05 Å². The van der Waals surface area contributed by atoms with Crippen molar-refractivity contribution < 1.29 is 0 Å². The molecule has 0 bridgehead atoms. The second kappa shape index (κ2) is 5.10. The largest absolute Gasteiger partial charge is 0.251 e. The third-order valence-corrected chi connectivity index (χ3v) is 3.75. The number of rotatable bonds is 4. The van der Waals surface area contributed by atoms with Crippen LogP contribution >= 0.6 is 31.9 Å². The maximum absolute atomic E-state index is 3.93. The molecule has 0 aliphatic carbocycles. The minimum atomic E-state index is 0.592. The van der Waals surface area contributed by atoms with Gasteiger partial charge in [-0.2, -0.15) is 0 Å². The van der Waals surface area contributed by atoms with E-state index in [1.807, 2.05) is 11.7 Å². The summed E-state index contributed by atoms with van der Waals surface area (Å²) >= 11 is 6.99. The number of hydrogen-bond donors (Lipinski definition) is 0. The molecule has 0 aromatic carbocycles. The molecule has 0 N–H and O–H groups in total. The number of aryl methyl sites for hydroxylation is 1. The zero-order valence-corrected chi connectivity index (χ0v) is 11.0. The minimum absolute atomic E-state index is 0.592. The van der Waals surface area contributed by atoms with Crippen LogP contribution in [0.25, 0.3) is 0 Å². The quantitative estimate of drug-likeness (QED) is 0.801. The summed E-state index contributed by atoms with van der Waals surface area (Å²) in [6.07, 6.45) is 3.28. The van der Waals surface area contributed by atoms with Gasteiger partial charge in [0.1, 0.15) is 0 Å². The van der Waals surface area contributed by atoms with Crippen LogP contribution in [-0.4, -0.2) is 19.8 Å². The van der Waals surface area contributed by atoms with Crippen molar-refractivity contribution in [2.75, 3.05) is 0 Å². The molecule has 5 heteroatoms. The fraction of sp³-hybridized carbons (Fsp3) is 0.750. The van der Waals surface area contributed by atoms with Gasteiger partial charge in [-0.05, 0) is 35.2 Å². The zero-order chi connectivity index (χ0) is 9.84. The highest BCUT2D eigenvalue weighted by molar-refractivity contribution is 9.10. The first-order valence-electron chi connectivity index (χ1n) is 4.33. The van der Waals surface area contributed by atoms with Gasteiger partial charge in [-0.1, -0.05) is 28.1 Å². The molecule has 13 heavy (non-hydrogen) atoms. The van der Waals surface area contributed by atoms with Gasteiger partial charge in [0.2, 0.25) is 0 Å². The molecule has 0 radical (unpaired) electrons. The van der Waals surface area contributed by atoms with Gasteiger partial charge >= 0.3 is 0 Å². The van der Waals surface area contributed by atoms with Gasteiger partial charge in [0.15, 0.2) is 4.60 Å². The van der Waals surface area contributed by atoms with Crippen molar-refractivity contribution in [3.05, 3.63) is 10.3 Å². The van der Waals surface area contributed by atoms with Gasteiger partial charge in [-0.3, -0.25) is 4.68 Å². The molecular weight excluding hydrogens is 298 g/mol. The number of aromatic nitrogens is 3. The lowest BCUT2D eigenvalue weighted by Gasteiger charge is -2.05. The molecule has 1 unspecified atom stereocenters. The Morgan fingerprint density at radius 1 is 1.54 bits per heavy atom. The van der Waals surface area contributed by atoms with Gasteiger partial charge in [0, 0.05) is 11.9 Å². The lowest BCUT2D eigenvalue weighted by atomic mass is 10.2. The molecule has 1 aromatic rings. The third kappa shape index (κ3) is 3.06. The number of nitrogens with zero attached hydrogens (tertiary/aromatic N) is 3. The molecule has 1 heterocycles. The monoisotopic (exact) mass is 309 g/mol. The highest BCUT2D eigenvalue weighted by atomic mass is 79.9. The summed E-state index contributed by atoms with van der Waals surface area (Å²) in [4.78, 5) is 0.592. The van der Waals surface area contributed by atoms with Crippen molar-refractivity contribution in [3.63, 3.8) is 0 Å². The average molecular weight is 311 g/mol. The summed E-state index contributed by atoms with van der Waals surface area (Å²) in [7, 11) is 1.92. The van der Waals surface area contributed by atoms with E-state index < -0.39 is 0 Å². The Morgan fingerprint density at radius 2 is 2.23 bits per heavy atom. The van der Waals surface area contributed by atoms with Gasteiger partial charge in [-0.25, -0.2) is 0 Å². The van der Waals surface area contributed by atoms with E-state index in [4.69, 9.17) is 0 Å². The molecule has 0 aliphatic heterocycles. The SMILES string of the molecule is CCC(Br)CCc1c(Br)nnn1C. The minimum Gasteiger partial charge on any atom is -0.251 e. The second-order valence-corrected chi connectivity index (χ2v) is 5.04. The predicted molar refractivity (Wildman–Crippen MR) is 60.0 cm³/mol. The number of halogens is 2. The number of alkyl halides is 1. The summed E-state index contributed by atoms with van der Waals surface area (Å²) in [5, 5.41) is 7.86.